The van der Waals surface area contributed by atoms with Gasteiger partial charge in [0.05, 0.1) is 4.92 Å². The lowest BCUT2D eigenvalue weighted by Gasteiger charge is -2.12. The maximum Gasteiger partial charge on any atom is 0.282 e. The Morgan fingerprint density at radius 2 is 1.85 bits per heavy atom. The van der Waals surface area contributed by atoms with Crippen molar-refractivity contribution in [3.63, 3.8) is 0 Å². The first-order valence-corrected chi connectivity index (χ1v) is 7.94. The van der Waals surface area contributed by atoms with Crippen molar-refractivity contribution in [1.29, 1.82) is 0 Å². The fraction of sp³-hybridized carbons (Fsp3) is 0. The van der Waals surface area contributed by atoms with Gasteiger partial charge < -0.3 is 10.4 Å². The van der Waals surface area contributed by atoms with Crippen LogP contribution in [-0.2, 0) is 0 Å². The summed E-state index contributed by atoms with van der Waals surface area (Å²) in [6.45, 7) is 0. The molecule has 0 atom stereocenters. The number of carbonyl (C=O) groups excluding carboxylic acids is 1. The molecular formula is C18H13N3O4S. The number of nitro benzene ring substituents is 1. The summed E-state index contributed by atoms with van der Waals surface area (Å²) in [7, 11) is 0. The third-order valence-electron chi connectivity index (χ3n) is 3.68. The Morgan fingerprint density at radius 3 is 2.62 bits per heavy atom. The van der Waals surface area contributed by atoms with Crippen LogP contribution in [0.2, 0.25) is 0 Å². The number of rotatable bonds is 3. The number of fused-ring (bicyclic) bond motifs is 1. The number of phenols is 1. The van der Waals surface area contributed by atoms with Gasteiger partial charge in [-0.2, -0.15) is 0 Å². The standard InChI is InChI=1S/C18H13N3O4S/c22-12-8-9-13-11(10-12)4-3-6-15(13)19-18(26)20-17(23)14-5-1-2-7-16(14)21(24)25/h1-10,22H,(H2,19,20,23,26). The van der Waals surface area contributed by atoms with Crippen molar-refractivity contribution in [3.05, 3.63) is 76.3 Å². The highest BCUT2D eigenvalue weighted by atomic mass is 32.1. The fourth-order valence-electron chi connectivity index (χ4n) is 2.53. The first-order valence-electron chi connectivity index (χ1n) is 7.53. The summed E-state index contributed by atoms with van der Waals surface area (Å²) in [5, 5.41) is 27.5. The minimum atomic E-state index is -0.673. The average Bonchev–Trinajstić information content (AvgIpc) is 2.61. The van der Waals surface area contributed by atoms with Crippen molar-refractivity contribution < 1.29 is 14.8 Å². The maximum absolute atomic E-state index is 12.3. The molecule has 0 spiro atoms. The van der Waals surface area contributed by atoms with Gasteiger partial charge in [0.15, 0.2) is 5.11 Å². The SMILES string of the molecule is O=C(NC(=S)Nc1cccc2cc(O)ccc12)c1ccccc1[N+](=O)[O-]. The Morgan fingerprint density at radius 1 is 1.08 bits per heavy atom. The van der Waals surface area contributed by atoms with Crippen molar-refractivity contribution in [2.75, 3.05) is 5.32 Å². The number of hydrogen-bond donors (Lipinski definition) is 3. The molecule has 0 radical (unpaired) electrons. The van der Waals surface area contributed by atoms with Crippen LogP contribution in [0, 0.1) is 10.1 Å². The number of benzene rings is 3. The quantitative estimate of drug-likeness (QED) is 0.371. The smallest absolute Gasteiger partial charge is 0.282 e. The van der Waals surface area contributed by atoms with Gasteiger partial charge in [-0.3, -0.25) is 20.2 Å². The molecule has 0 bridgehead atoms. The predicted octanol–water partition coefficient (Wildman–Crippen LogP) is 3.58. The van der Waals surface area contributed by atoms with E-state index < -0.39 is 10.8 Å². The first-order chi connectivity index (χ1) is 12.5. The van der Waals surface area contributed by atoms with Crippen LogP contribution in [0.5, 0.6) is 5.75 Å². The molecule has 0 fully saturated rings. The third kappa shape index (κ3) is 3.60. The van der Waals surface area contributed by atoms with E-state index in [9.17, 15) is 20.0 Å². The molecule has 7 nitrogen and oxygen atoms in total. The zero-order valence-corrected chi connectivity index (χ0v) is 14.1. The zero-order chi connectivity index (χ0) is 18.7. The van der Waals surface area contributed by atoms with Crippen LogP contribution < -0.4 is 10.6 Å². The average molecular weight is 367 g/mol. The Labute approximate surface area is 153 Å². The molecule has 130 valence electrons. The van der Waals surface area contributed by atoms with Crippen LogP contribution in [0.4, 0.5) is 11.4 Å². The van der Waals surface area contributed by atoms with E-state index in [1.54, 1.807) is 30.3 Å². The monoisotopic (exact) mass is 367 g/mol. The van der Waals surface area contributed by atoms with Crippen molar-refractivity contribution in [2.24, 2.45) is 0 Å². The van der Waals surface area contributed by atoms with Gasteiger partial charge in [-0.05, 0) is 47.9 Å². The lowest BCUT2D eigenvalue weighted by atomic mass is 10.1. The van der Waals surface area contributed by atoms with Crippen LogP contribution in [0.3, 0.4) is 0 Å². The van der Waals surface area contributed by atoms with Crippen LogP contribution in [-0.4, -0.2) is 21.0 Å². The van der Waals surface area contributed by atoms with Gasteiger partial charge in [-0.15, -0.1) is 0 Å². The molecule has 3 rings (SSSR count). The number of anilines is 1. The number of para-hydroxylation sites is 1. The minimum Gasteiger partial charge on any atom is -0.508 e. The molecule has 1 amide bonds. The molecule has 8 heteroatoms. The zero-order valence-electron chi connectivity index (χ0n) is 13.3. The molecule has 0 saturated carbocycles. The van der Waals surface area contributed by atoms with E-state index >= 15 is 0 Å². The number of nitro groups is 1. The molecule has 0 aromatic heterocycles. The number of hydrogen-bond acceptors (Lipinski definition) is 5. The number of aromatic hydroxyl groups is 1. The Kier molecular flexibility index (Phi) is 4.76. The molecule has 3 aromatic carbocycles. The highest BCUT2D eigenvalue weighted by Crippen LogP contribution is 2.26. The van der Waals surface area contributed by atoms with Gasteiger partial charge in [0.25, 0.3) is 11.6 Å². The summed E-state index contributed by atoms with van der Waals surface area (Å²) < 4.78 is 0. The van der Waals surface area contributed by atoms with Gasteiger partial charge in [0.1, 0.15) is 11.3 Å². The summed E-state index contributed by atoms with van der Waals surface area (Å²) in [6.07, 6.45) is 0. The molecule has 3 aromatic rings. The molecule has 0 saturated heterocycles. The van der Waals surface area contributed by atoms with E-state index in [0.29, 0.717) is 5.69 Å². The number of phenolic OH excluding ortho intramolecular Hbond substituents is 1. The molecule has 0 aliphatic carbocycles. The van der Waals surface area contributed by atoms with Gasteiger partial charge in [0, 0.05) is 17.1 Å². The highest BCUT2D eigenvalue weighted by Gasteiger charge is 2.20. The van der Waals surface area contributed by atoms with Crippen molar-refractivity contribution in [3.8, 4) is 5.75 Å². The molecular weight excluding hydrogens is 354 g/mol. The van der Waals surface area contributed by atoms with Gasteiger partial charge in [0.2, 0.25) is 0 Å². The van der Waals surface area contributed by atoms with Gasteiger partial charge in [-0.1, -0.05) is 24.3 Å². The number of thiocarbonyl (C=S) groups is 1. The second-order valence-electron chi connectivity index (χ2n) is 5.39. The van der Waals surface area contributed by atoms with E-state index in [1.165, 1.54) is 24.3 Å². The molecule has 0 unspecified atom stereocenters. The largest absolute Gasteiger partial charge is 0.508 e. The summed E-state index contributed by atoms with van der Waals surface area (Å²) in [4.78, 5) is 22.7. The van der Waals surface area contributed by atoms with Crippen LogP contribution in [0.1, 0.15) is 10.4 Å². The van der Waals surface area contributed by atoms with E-state index in [2.05, 4.69) is 10.6 Å². The Hall–Kier alpha value is -3.52. The van der Waals surface area contributed by atoms with E-state index in [1.807, 2.05) is 6.07 Å². The molecule has 26 heavy (non-hydrogen) atoms. The van der Waals surface area contributed by atoms with E-state index in [4.69, 9.17) is 12.2 Å². The lowest BCUT2D eigenvalue weighted by molar-refractivity contribution is -0.385. The summed E-state index contributed by atoms with van der Waals surface area (Å²) in [5.41, 5.74) is 0.258. The second-order valence-corrected chi connectivity index (χ2v) is 5.80. The van der Waals surface area contributed by atoms with Crippen molar-refractivity contribution in [2.45, 2.75) is 0 Å². The Bertz CT molecular complexity index is 1040. The first kappa shape index (κ1) is 17.3. The summed E-state index contributed by atoms with van der Waals surface area (Å²) in [6, 6.07) is 15.9. The fourth-order valence-corrected chi connectivity index (χ4v) is 2.73. The van der Waals surface area contributed by atoms with Crippen LogP contribution >= 0.6 is 12.2 Å². The summed E-state index contributed by atoms with van der Waals surface area (Å²) >= 11 is 5.15. The predicted molar refractivity (Wildman–Crippen MR) is 102 cm³/mol. The number of carbonyl (C=O) groups is 1. The third-order valence-corrected chi connectivity index (χ3v) is 3.89. The lowest BCUT2D eigenvalue weighted by Crippen LogP contribution is -2.34. The topological polar surface area (TPSA) is 104 Å². The Balaban J connectivity index is 1.80. The van der Waals surface area contributed by atoms with E-state index in [-0.39, 0.29) is 22.1 Å². The summed E-state index contributed by atoms with van der Waals surface area (Å²) in [5.74, 6) is -0.533. The normalized spacial score (nSPS) is 10.3. The number of amides is 1. The number of nitrogens with one attached hydrogen (secondary N) is 2. The van der Waals surface area contributed by atoms with Crippen LogP contribution in [0.25, 0.3) is 10.8 Å². The molecule has 0 heterocycles. The molecule has 3 N–H and O–H groups in total. The van der Waals surface area contributed by atoms with Crippen molar-refractivity contribution in [1.82, 2.24) is 5.32 Å². The van der Waals surface area contributed by atoms with E-state index in [0.717, 1.165) is 10.8 Å². The number of nitrogens with zero attached hydrogens (tertiary/aromatic N) is 1. The highest BCUT2D eigenvalue weighted by molar-refractivity contribution is 7.80. The second kappa shape index (κ2) is 7.16. The minimum absolute atomic E-state index is 0.00808. The molecule has 0 aliphatic heterocycles. The van der Waals surface area contributed by atoms with Crippen LogP contribution in [0.15, 0.2) is 60.7 Å². The molecule has 0 aliphatic rings. The van der Waals surface area contributed by atoms with Gasteiger partial charge in [-0.25, -0.2) is 0 Å². The van der Waals surface area contributed by atoms with Crippen molar-refractivity contribution >= 4 is 45.4 Å². The van der Waals surface area contributed by atoms with Gasteiger partial charge >= 0.3 is 0 Å². The maximum atomic E-state index is 12.3.